The number of alkyl halides is 3. The maximum atomic E-state index is 14.9. The first-order valence-electron chi connectivity index (χ1n) is 10.5. The Kier molecular flexibility index (Phi) is 7.51. The van der Waals surface area contributed by atoms with Crippen molar-refractivity contribution in [1.82, 2.24) is 5.32 Å². The number of methoxy groups -OCH3 is 1. The van der Waals surface area contributed by atoms with Crippen molar-refractivity contribution >= 4 is 17.9 Å². The fraction of sp³-hybridized carbons (Fsp3) is 0.435. The van der Waals surface area contributed by atoms with E-state index in [-0.39, 0.29) is 12.3 Å². The van der Waals surface area contributed by atoms with E-state index in [2.05, 4.69) is 5.32 Å². The second-order valence-electron chi connectivity index (χ2n) is 7.88. The molecule has 1 aromatic carbocycles. The van der Waals surface area contributed by atoms with Crippen molar-refractivity contribution in [3.05, 3.63) is 57.4 Å². The van der Waals surface area contributed by atoms with Gasteiger partial charge in [0.2, 0.25) is 0 Å². The van der Waals surface area contributed by atoms with Crippen LogP contribution in [0.3, 0.4) is 0 Å². The number of nitrogens with one attached hydrogen (secondary N) is 1. The van der Waals surface area contributed by atoms with Crippen molar-refractivity contribution in [1.29, 1.82) is 0 Å². The predicted octanol–water partition coefficient (Wildman–Crippen LogP) is 3.55. The molecule has 0 radical (unpaired) electrons. The summed E-state index contributed by atoms with van der Waals surface area (Å²) in [6.07, 6.45) is -0.750. The summed E-state index contributed by atoms with van der Waals surface area (Å²) >= 11 is 0. The second kappa shape index (κ2) is 10.0. The van der Waals surface area contributed by atoms with Gasteiger partial charge in [0, 0.05) is 25.0 Å². The van der Waals surface area contributed by atoms with Gasteiger partial charge in [0.15, 0.2) is 0 Å². The summed E-state index contributed by atoms with van der Waals surface area (Å²) in [6, 6.07) is 1.10. The number of hydrogen-bond acceptors (Lipinski definition) is 7. The number of ether oxygens (including phenoxy) is 3. The summed E-state index contributed by atoms with van der Waals surface area (Å²) < 4.78 is 86.1. The molecule has 2 atom stereocenters. The van der Waals surface area contributed by atoms with Gasteiger partial charge in [0.1, 0.15) is 24.9 Å². The van der Waals surface area contributed by atoms with Gasteiger partial charge in [-0.1, -0.05) is 0 Å². The van der Waals surface area contributed by atoms with Crippen LogP contribution in [0.4, 0.5) is 22.0 Å². The average molecular weight is 503 g/mol. The minimum atomic E-state index is -3.31. The lowest BCUT2D eigenvalue weighted by molar-refractivity contribution is -0.142. The molecular formula is C23H22F5NO6. The highest BCUT2D eigenvalue weighted by molar-refractivity contribution is 6.00. The van der Waals surface area contributed by atoms with Crippen LogP contribution in [0, 0.1) is 11.6 Å². The highest BCUT2D eigenvalue weighted by Crippen LogP contribution is 2.58. The van der Waals surface area contributed by atoms with E-state index in [0.29, 0.717) is 12.1 Å². The summed E-state index contributed by atoms with van der Waals surface area (Å²) in [5, 5.41) is 2.49. The van der Waals surface area contributed by atoms with Crippen LogP contribution < -0.4 is 5.32 Å². The van der Waals surface area contributed by atoms with E-state index in [0.717, 1.165) is 14.0 Å². The van der Waals surface area contributed by atoms with Crippen molar-refractivity contribution in [2.75, 3.05) is 27.0 Å². The van der Waals surface area contributed by atoms with Crippen molar-refractivity contribution in [2.45, 2.75) is 38.0 Å². The molecule has 1 aromatic rings. The molecule has 1 heterocycles. The average Bonchev–Trinajstić information content (AvgIpc) is 3.42. The monoisotopic (exact) mass is 503 g/mol. The Labute approximate surface area is 196 Å². The molecule has 12 heteroatoms. The molecule has 35 heavy (non-hydrogen) atoms. The normalized spacial score (nSPS) is 20.8. The third-order valence-electron chi connectivity index (χ3n) is 5.60. The Morgan fingerprint density at radius 1 is 1.09 bits per heavy atom. The third kappa shape index (κ3) is 5.15. The number of benzene rings is 1. The Morgan fingerprint density at radius 3 is 2.23 bits per heavy atom. The summed E-state index contributed by atoms with van der Waals surface area (Å²) in [5.74, 6) is -12.3. The molecule has 190 valence electrons. The number of allylic oxidation sites excluding steroid dienone is 1. The molecule has 3 rings (SSSR count). The largest absolute Gasteiger partial charge is 0.466 e. The number of carbonyl (C=O) groups excluding carboxylic acids is 3. The smallest absolute Gasteiger partial charge is 0.336 e. The molecule has 0 saturated heterocycles. The number of carbonyl (C=O) groups is 3. The van der Waals surface area contributed by atoms with Gasteiger partial charge in [0.05, 0.1) is 48.1 Å². The Bertz CT molecular complexity index is 1130. The molecular weight excluding hydrogens is 481 g/mol. The SMILES string of the molecule is CCOC(=O)C1=C(COC(C)=O)NC(CF)=C(C(=O)OC)C1c1cc(F)cc(F)c1C1CC1(F)F. The van der Waals surface area contributed by atoms with E-state index in [9.17, 15) is 36.3 Å². The first-order valence-corrected chi connectivity index (χ1v) is 10.5. The van der Waals surface area contributed by atoms with Crippen LogP contribution in [0.15, 0.2) is 34.7 Å². The highest BCUT2D eigenvalue weighted by Gasteiger charge is 2.60. The molecule has 2 aliphatic rings. The minimum absolute atomic E-state index is 0.172. The van der Waals surface area contributed by atoms with Gasteiger partial charge in [-0.25, -0.2) is 31.5 Å². The highest BCUT2D eigenvalue weighted by atomic mass is 19.3. The fourth-order valence-corrected chi connectivity index (χ4v) is 4.05. The van der Waals surface area contributed by atoms with Crippen LogP contribution in [0.5, 0.6) is 0 Å². The Morgan fingerprint density at radius 2 is 1.71 bits per heavy atom. The number of rotatable bonds is 8. The van der Waals surface area contributed by atoms with Gasteiger partial charge in [-0.15, -0.1) is 0 Å². The Balaban J connectivity index is 2.37. The maximum Gasteiger partial charge on any atom is 0.336 e. The van der Waals surface area contributed by atoms with Crippen molar-refractivity contribution < 1.29 is 50.5 Å². The minimum Gasteiger partial charge on any atom is -0.466 e. The lowest BCUT2D eigenvalue weighted by Gasteiger charge is -2.32. The number of halogens is 5. The molecule has 0 bridgehead atoms. The van der Waals surface area contributed by atoms with Gasteiger partial charge in [-0.05, 0) is 18.6 Å². The molecule has 7 nitrogen and oxygen atoms in total. The standard InChI is InChI=1S/C23H22F5NO6/c1-4-34-22(32)20-16(9-35-10(2)30)29-15(8-24)19(21(31)33-3)18(20)12-5-11(25)6-14(26)17(12)13-7-23(13,27)28/h5-6,13,18,29H,4,7-9H2,1-3H3. The maximum absolute atomic E-state index is 14.9. The molecule has 1 fully saturated rings. The van der Waals surface area contributed by atoms with E-state index in [1.807, 2.05) is 0 Å². The first kappa shape index (κ1) is 26.2. The van der Waals surface area contributed by atoms with Gasteiger partial charge in [0.25, 0.3) is 5.92 Å². The molecule has 0 aromatic heterocycles. The van der Waals surface area contributed by atoms with E-state index < -0.39 is 95.0 Å². The summed E-state index contributed by atoms with van der Waals surface area (Å²) in [6.45, 7) is 0.371. The van der Waals surface area contributed by atoms with Crippen molar-refractivity contribution in [3.8, 4) is 0 Å². The topological polar surface area (TPSA) is 90.9 Å². The van der Waals surface area contributed by atoms with Crippen LogP contribution in [0.1, 0.15) is 43.2 Å². The van der Waals surface area contributed by atoms with Crippen LogP contribution in [0.25, 0.3) is 0 Å². The zero-order chi connectivity index (χ0) is 26.1. The van der Waals surface area contributed by atoms with E-state index >= 15 is 0 Å². The van der Waals surface area contributed by atoms with Crippen molar-refractivity contribution in [2.24, 2.45) is 0 Å². The van der Waals surface area contributed by atoms with Crippen LogP contribution in [-0.4, -0.2) is 50.8 Å². The summed E-state index contributed by atoms with van der Waals surface area (Å²) in [5.41, 5.74) is -2.88. The summed E-state index contributed by atoms with van der Waals surface area (Å²) in [7, 11) is 0.951. The Hall–Kier alpha value is -3.44. The third-order valence-corrected chi connectivity index (χ3v) is 5.60. The molecule has 1 saturated carbocycles. The van der Waals surface area contributed by atoms with E-state index in [4.69, 9.17) is 14.2 Å². The first-order chi connectivity index (χ1) is 16.5. The van der Waals surface area contributed by atoms with Gasteiger partial charge >= 0.3 is 17.9 Å². The fourth-order valence-electron chi connectivity index (χ4n) is 4.05. The van der Waals surface area contributed by atoms with Gasteiger partial charge in [-0.2, -0.15) is 0 Å². The quantitative estimate of drug-likeness (QED) is 0.330. The molecule has 0 spiro atoms. The zero-order valence-electron chi connectivity index (χ0n) is 19.0. The second-order valence-corrected chi connectivity index (χ2v) is 7.88. The predicted molar refractivity (Wildman–Crippen MR) is 110 cm³/mol. The lowest BCUT2D eigenvalue weighted by Crippen LogP contribution is -2.36. The van der Waals surface area contributed by atoms with E-state index in [1.54, 1.807) is 0 Å². The zero-order valence-corrected chi connectivity index (χ0v) is 19.0. The van der Waals surface area contributed by atoms with E-state index in [1.165, 1.54) is 6.92 Å². The molecule has 2 unspecified atom stereocenters. The number of dihydropyridines is 1. The van der Waals surface area contributed by atoms with Crippen LogP contribution in [0.2, 0.25) is 0 Å². The molecule has 0 amide bonds. The molecule has 1 aliphatic heterocycles. The lowest BCUT2D eigenvalue weighted by atomic mass is 9.77. The van der Waals surface area contributed by atoms with Gasteiger partial charge in [-0.3, -0.25) is 4.79 Å². The number of hydrogen-bond donors (Lipinski definition) is 1. The van der Waals surface area contributed by atoms with Crippen LogP contribution >= 0.6 is 0 Å². The van der Waals surface area contributed by atoms with Crippen LogP contribution in [-0.2, 0) is 28.6 Å². The summed E-state index contributed by atoms with van der Waals surface area (Å²) in [4.78, 5) is 37.1. The van der Waals surface area contributed by atoms with Gasteiger partial charge < -0.3 is 19.5 Å². The number of esters is 3. The molecule has 1 N–H and O–H groups in total. The molecule has 1 aliphatic carbocycles. The van der Waals surface area contributed by atoms with Crippen molar-refractivity contribution in [3.63, 3.8) is 0 Å².